The predicted molar refractivity (Wildman–Crippen MR) is 88.9 cm³/mol. The summed E-state index contributed by atoms with van der Waals surface area (Å²) in [6.45, 7) is 3.97. The van der Waals surface area contributed by atoms with E-state index in [0.29, 0.717) is 19.7 Å². The molecule has 1 heterocycles. The number of rotatable bonds is 6. The minimum absolute atomic E-state index is 0.638. The third-order valence-corrected chi connectivity index (χ3v) is 3.06. The minimum Gasteiger partial charge on any atom is -0.494 e. The number of benzene rings is 1. The van der Waals surface area contributed by atoms with Crippen LogP contribution in [0.4, 0.5) is 0 Å². The second kappa shape index (κ2) is 8.67. The molecule has 0 aliphatic carbocycles. The lowest BCUT2D eigenvalue weighted by Gasteiger charge is -2.12. The van der Waals surface area contributed by atoms with E-state index in [4.69, 9.17) is 4.74 Å². The quantitative estimate of drug-likeness (QED) is 0.635. The number of hydrogen-bond acceptors (Lipinski definition) is 3. The van der Waals surface area contributed by atoms with Crippen LogP contribution in [0.1, 0.15) is 18.2 Å². The van der Waals surface area contributed by atoms with Crippen LogP contribution in [0.3, 0.4) is 0 Å². The molecular weight excluding hydrogens is 276 g/mol. The molecule has 22 heavy (non-hydrogen) atoms. The molecule has 1 aromatic carbocycles. The van der Waals surface area contributed by atoms with Crippen LogP contribution < -0.4 is 15.4 Å². The SMILES string of the molecule is CCOc1cccc(CNC(=NC)NCc2ccccn2)c1. The van der Waals surface area contributed by atoms with Crippen LogP contribution >= 0.6 is 0 Å². The zero-order valence-corrected chi connectivity index (χ0v) is 13.0. The number of aromatic nitrogens is 1. The first-order valence-electron chi connectivity index (χ1n) is 7.38. The second-order valence-electron chi connectivity index (χ2n) is 4.68. The molecule has 2 aromatic rings. The molecule has 0 amide bonds. The van der Waals surface area contributed by atoms with Gasteiger partial charge in [0, 0.05) is 19.8 Å². The molecule has 1 aromatic heterocycles. The Bertz CT molecular complexity index is 599. The third kappa shape index (κ3) is 5.09. The molecule has 0 spiro atoms. The Morgan fingerprint density at radius 1 is 1.14 bits per heavy atom. The second-order valence-corrected chi connectivity index (χ2v) is 4.68. The van der Waals surface area contributed by atoms with Gasteiger partial charge in [0.25, 0.3) is 0 Å². The highest BCUT2D eigenvalue weighted by Crippen LogP contribution is 2.12. The Balaban J connectivity index is 1.84. The molecular formula is C17H22N4O. The zero-order chi connectivity index (χ0) is 15.6. The van der Waals surface area contributed by atoms with Crippen molar-refractivity contribution in [3.05, 3.63) is 59.9 Å². The Kier molecular flexibility index (Phi) is 6.23. The van der Waals surface area contributed by atoms with Gasteiger partial charge in [-0.2, -0.15) is 0 Å². The number of guanidine groups is 1. The van der Waals surface area contributed by atoms with E-state index in [1.807, 2.05) is 43.3 Å². The van der Waals surface area contributed by atoms with Crippen LogP contribution in [0, 0.1) is 0 Å². The smallest absolute Gasteiger partial charge is 0.191 e. The average Bonchev–Trinajstić information content (AvgIpc) is 2.57. The molecule has 0 aliphatic rings. The summed E-state index contributed by atoms with van der Waals surface area (Å²) < 4.78 is 5.50. The van der Waals surface area contributed by atoms with Gasteiger partial charge in [0.15, 0.2) is 5.96 Å². The Labute approximate surface area is 131 Å². The maximum Gasteiger partial charge on any atom is 0.191 e. The highest BCUT2D eigenvalue weighted by molar-refractivity contribution is 5.79. The normalized spacial score (nSPS) is 11.1. The van der Waals surface area contributed by atoms with E-state index in [9.17, 15) is 0 Å². The average molecular weight is 298 g/mol. The van der Waals surface area contributed by atoms with E-state index >= 15 is 0 Å². The molecule has 5 heteroatoms. The van der Waals surface area contributed by atoms with Crippen molar-refractivity contribution in [3.63, 3.8) is 0 Å². The van der Waals surface area contributed by atoms with Crippen molar-refractivity contribution in [2.45, 2.75) is 20.0 Å². The molecule has 0 saturated carbocycles. The fourth-order valence-electron chi connectivity index (χ4n) is 2.00. The number of aliphatic imine (C=N–C) groups is 1. The number of nitrogens with one attached hydrogen (secondary N) is 2. The van der Waals surface area contributed by atoms with Crippen LogP contribution in [-0.4, -0.2) is 24.6 Å². The first-order valence-corrected chi connectivity index (χ1v) is 7.38. The Morgan fingerprint density at radius 2 is 2.00 bits per heavy atom. The fraction of sp³-hybridized carbons (Fsp3) is 0.294. The van der Waals surface area contributed by atoms with Crippen molar-refractivity contribution in [2.75, 3.05) is 13.7 Å². The monoisotopic (exact) mass is 298 g/mol. The molecule has 0 fully saturated rings. The lowest BCUT2D eigenvalue weighted by Crippen LogP contribution is -2.36. The van der Waals surface area contributed by atoms with Crippen molar-refractivity contribution >= 4 is 5.96 Å². The van der Waals surface area contributed by atoms with Crippen LogP contribution in [0.15, 0.2) is 53.7 Å². The first-order chi connectivity index (χ1) is 10.8. The molecule has 116 valence electrons. The van der Waals surface area contributed by atoms with Gasteiger partial charge < -0.3 is 15.4 Å². The number of hydrogen-bond donors (Lipinski definition) is 2. The van der Waals surface area contributed by atoms with Crippen LogP contribution in [0.5, 0.6) is 5.75 Å². The van der Waals surface area contributed by atoms with Gasteiger partial charge in [-0.15, -0.1) is 0 Å². The molecule has 5 nitrogen and oxygen atoms in total. The third-order valence-electron chi connectivity index (χ3n) is 3.06. The topological polar surface area (TPSA) is 58.5 Å². The van der Waals surface area contributed by atoms with Gasteiger partial charge in [-0.05, 0) is 36.8 Å². The molecule has 0 radical (unpaired) electrons. The van der Waals surface area contributed by atoms with E-state index in [1.54, 1.807) is 13.2 Å². The summed E-state index contributed by atoms with van der Waals surface area (Å²) in [5.74, 6) is 1.63. The zero-order valence-electron chi connectivity index (χ0n) is 13.0. The van der Waals surface area contributed by atoms with Crippen molar-refractivity contribution in [2.24, 2.45) is 4.99 Å². The molecule has 2 rings (SSSR count). The van der Waals surface area contributed by atoms with Crippen LogP contribution in [-0.2, 0) is 13.1 Å². The summed E-state index contributed by atoms with van der Waals surface area (Å²) in [5, 5.41) is 6.52. The summed E-state index contributed by atoms with van der Waals surface area (Å²) in [7, 11) is 1.75. The number of pyridine rings is 1. The van der Waals surface area contributed by atoms with E-state index in [-0.39, 0.29) is 0 Å². The van der Waals surface area contributed by atoms with E-state index < -0.39 is 0 Å². The minimum atomic E-state index is 0.638. The Morgan fingerprint density at radius 3 is 2.73 bits per heavy atom. The summed E-state index contributed by atoms with van der Waals surface area (Å²) in [6.07, 6.45) is 1.78. The molecule has 0 saturated heterocycles. The molecule has 0 aliphatic heterocycles. The van der Waals surface area contributed by atoms with Gasteiger partial charge in [0.05, 0.1) is 18.8 Å². The van der Waals surface area contributed by atoms with Gasteiger partial charge in [0.2, 0.25) is 0 Å². The number of ether oxygens (including phenoxy) is 1. The lowest BCUT2D eigenvalue weighted by atomic mass is 10.2. The van der Waals surface area contributed by atoms with Crippen molar-refractivity contribution in [3.8, 4) is 5.75 Å². The van der Waals surface area contributed by atoms with E-state index in [1.165, 1.54) is 0 Å². The molecule has 0 atom stereocenters. The van der Waals surface area contributed by atoms with Crippen LogP contribution in [0.2, 0.25) is 0 Å². The van der Waals surface area contributed by atoms with E-state index in [0.717, 1.165) is 23.0 Å². The highest BCUT2D eigenvalue weighted by Gasteiger charge is 2.01. The van der Waals surface area contributed by atoms with E-state index in [2.05, 4.69) is 26.7 Å². The van der Waals surface area contributed by atoms with Crippen molar-refractivity contribution in [1.82, 2.24) is 15.6 Å². The number of nitrogens with zero attached hydrogens (tertiary/aromatic N) is 2. The standard InChI is InChI=1S/C17H22N4O/c1-3-22-16-9-6-7-14(11-16)12-20-17(18-2)21-13-15-8-4-5-10-19-15/h4-11H,3,12-13H2,1-2H3,(H2,18,20,21). The molecule has 0 bridgehead atoms. The van der Waals surface area contributed by atoms with Crippen molar-refractivity contribution < 1.29 is 4.74 Å². The van der Waals surface area contributed by atoms with Gasteiger partial charge in [0.1, 0.15) is 5.75 Å². The molecule has 0 unspecified atom stereocenters. The summed E-state index contributed by atoms with van der Waals surface area (Å²) in [5.41, 5.74) is 2.12. The van der Waals surface area contributed by atoms with Gasteiger partial charge in [-0.25, -0.2) is 0 Å². The highest BCUT2D eigenvalue weighted by atomic mass is 16.5. The van der Waals surface area contributed by atoms with Crippen molar-refractivity contribution in [1.29, 1.82) is 0 Å². The predicted octanol–water partition coefficient (Wildman–Crippen LogP) is 2.35. The summed E-state index contributed by atoms with van der Waals surface area (Å²) in [6, 6.07) is 13.9. The maximum atomic E-state index is 5.50. The van der Waals surface area contributed by atoms with Gasteiger partial charge in [-0.1, -0.05) is 18.2 Å². The van der Waals surface area contributed by atoms with Crippen LogP contribution in [0.25, 0.3) is 0 Å². The molecule has 2 N–H and O–H groups in total. The largest absolute Gasteiger partial charge is 0.494 e. The summed E-state index contributed by atoms with van der Waals surface area (Å²) >= 11 is 0. The fourth-order valence-corrected chi connectivity index (χ4v) is 2.00. The first kappa shape index (κ1) is 15.8. The Hall–Kier alpha value is -2.56. The van der Waals surface area contributed by atoms with Gasteiger partial charge >= 0.3 is 0 Å². The summed E-state index contributed by atoms with van der Waals surface area (Å²) in [4.78, 5) is 8.49. The van der Waals surface area contributed by atoms with Gasteiger partial charge in [-0.3, -0.25) is 9.98 Å². The lowest BCUT2D eigenvalue weighted by molar-refractivity contribution is 0.340. The maximum absolute atomic E-state index is 5.50.